The maximum Gasteiger partial charge on any atom is 0.223 e. The Labute approximate surface area is 200 Å². The first kappa shape index (κ1) is 23.5. The van der Waals surface area contributed by atoms with Crippen molar-refractivity contribution in [1.82, 2.24) is 14.8 Å². The third-order valence-corrected chi connectivity index (χ3v) is 6.15. The molecule has 3 aromatic rings. The largest absolute Gasteiger partial charge is 0.497 e. The van der Waals surface area contributed by atoms with Crippen molar-refractivity contribution in [3.8, 4) is 17.1 Å². The van der Waals surface area contributed by atoms with Gasteiger partial charge in [0.15, 0.2) is 11.7 Å². The van der Waals surface area contributed by atoms with Crippen LogP contribution in [-0.2, 0) is 22.4 Å². The van der Waals surface area contributed by atoms with Crippen molar-refractivity contribution in [2.45, 2.75) is 32.1 Å². The second-order valence-electron chi connectivity index (χ2n) is 8.45. The molecule has 0 spiro atoms. The summed E-state index contributed by atoms with van der Waals surface area (Å²) in [4.78, 5) is 33.6. The van der Waals surface area contributed by atoms with Crippen LogP contribution in [0.15, 0.2) is 65.2 Å². The number of carbonyl (C=O) groups is 2. The first-order chi connectivity index (χ1) is 16.6. The van der Waals surface area contributed by atoms with E-state index in [0.29, 0.717) is 63.5 Å². The molecule has 1 saturated heterocycles. The molecular formula is C27H31N3O4. The summed E-state index contributed by atoms with van der Waals surface area (Å²) in [5.74, 6) is 2.30. The highest BCUT2D eigenvalue weighted by molar-refractivity contribution is 5.78. The van der Waals surface area contributed by atoms with E-state index in [1.54, 1.807) is 13.3 Å². The van der Waals surface area contributed by atoms with E-state index < -0.39 is 0 Å². The lowest BCUT2D eigenvalue weighted by molar-refractivity contribution is -0.133. The zero-order valence-corrected chi connectivity index (χ0v) is 19.6. The molecule has 2 aromatic carbocycles. The van der Waals surface area contributed by atoms with Crippen LogP contribution in [0.2, 0.25) is 0 Å². The molecule has 2 amide bonds. The summed E-state index contributed by atoms with van der Waals surface area (Å²) in [6, 6.07) is 17.6. The normalized spacial score (nSPS) is 14.0. The number of benzene rings is 2. The van der Waals surface area contributed by atoms with Gasteiger partial charge in [0, 0.05) is 51.0 Å². The average Bonchev–Trinajstić information content (AvgIpc) is 3.22. The molecule has 0 radical (unpaired) electrons. The minimum atomic E-state index is 0.0759. The number of aryl methyl sites for hydroxylation is 2. The number of methoxy groups -OCH3 is 1. The van der Waals surface area contributed by atoms with Gasteiger partial charge in [-0.15, -0.1) is 0 Å². The van der Waals surface area contributed by atoms with Crippen molar-refractivity contribution in [2.24, 2.45) is 0 Å². The van der Waals surface area contributed by atoms with Crippen molar-refractivity contribution >= 4 is 11.8 Å². The Morgan fingerprint density at radius 2 is 1.53 bits per heavy atom. The second-order valence-corrected chi connectivity index (χ2v) is 8.45. The lowest BCUT2D eigenvalue weighted by Crippen LogP contribution is -2.37. The highest BCUT2D eigenvalue weighted by Crippen LogP contribution is 2.20. The summed E-state index contributed by atoms with van der Waals surface area (Å²) in [6.07, 6.45) is 4.47. The molecule has 34 heavy (non-hydrogen) atoms. The van der Waals surface area contributed by atoms with Gasteiger partial charge in [-0.3, -0.25) is 9.59 Å². The van der Waals surface area contributed by atoms with Crippen molar-refractivity contribution in [3.05, 3.63) is 72.2 Å². The Kier molecular flexibility index (Phi) is 7.96. The number of rotatable bonds is 8. The van der Waals surface area contributed by atoms with Crippen molar-refractivity contribution in [2.75, 3.05) is 33.3 Å². The lowest BCUT2D eigenvalue weighted by atomic mass is 10.1. The molecule has 7 nitrogen and oxygen atoms in total. The summed E-state index contributed by atoms with van der Waals surface area (Å²) in [6.45, 7) is 2.49. The highest BCUT2D eigenvalue weighted by Gasteiger charge is 2.22. The van der Waals surface area contributed by atoms with Gasteiger partial charge in [0.05, 0.1) is 13.3 Å². The van der Waals surface area contributed by atoms with Crippen LogP contribution in [0.1, 0.15) is 30.7 Å². The van der Waals surface area contributed by atoms with Crippen LogP contribution in [0.5, 0.6) is 5.75 Å². The molecule has 0 atom stereocenters. The Morgan fingerprint density at radius 1 is 0.882 bits per heavy atom. The number of amides is 2. The van der Waals surface area contributed by atoms with E-state index in [0.717, 1.165) is 23.3 Å². The van der Waals surface area contributed by atoms with Crippen LogP contribution in [0, 0.1) is 0 Å². The first-order valence-corrected chi connectivity index (χ1v) is 11.8. The van der Waals surface area contributed by atoms with Crippen LogP contribution in [0.4, 0.5) is 0 Å². The SMILES string of the molecule is COc1ccc(CCC(=O)N2CCCN(C(=O)CCc3ncc(-c4ccccc4)o3)CC2)cc1. The first-order valence-electron chi connectivity index (χ1n) is 11.8. The third kappa shape index (κ3) is 6.25. The molecule has 7 heteroatoms. The number of nitrogens with zero attached hydrogens (tertiary/aromatic N) is 3. The Hall–Kier alpha value is -3.61. The summed E-state index contributed by atoms with van der Waals surface area (Å²) in [5, 5.41) is 0. The van der Waals surface area contributed by atoms with E-state index >= 15 is 0 Å². The lowest BCUT2D eigenvalue weighted by Gasteiger charge is -2.22. The summed E-state index contributed by atoms with van der Waals surface area (Å²) in [5.41, 5.74) is 2.08. The highest BCUT2D eigenvalue weighted by atomic mass is 16.5. The molecule has 0 bridgehead atoms. The molecule has 178 valence electrons. The van der Waals surface area contributed by atoms with E-state index in [2.05, 4.69) is 4.98 Å². The van der Waals surface area contributed by atoms with E-state index in [1.165, 1.54) is 0 Å². The van der Waals surface area contributed by atoms with Gasteiger partial charge in [0.25, 0.3) is 0 Å². The van der Waals surface area contributed by atoms with Crippen LogP contribution < -0.4 is 4.74 Å². The topological polar surface area (TPSA) is 75.9 Å². The molecular weight excluding hydrogens is 430 g/mol. The number of carbonyl (C=O) groups excluding carboxylic acids is 2. The van der Waals surface area contributed by atoms with E-state index in [4.69, 9.17) is 9.15 Å². The maximum absolute atomic E-state index is 12.8. The van der Waals surface area contributed by atoms with Gasteiger partial charge >= 0.3 is 0 Å². The van der Waals surface area contributed by atoms with Gasteiger partial charge < -0.3 is 19.0 Å². The monoisotopic (exact) mass is 461 g/mol. The predicted octanol–water partition coefficient (Wildman–Crippen LogP) is 3.98. The van der Waals surface area contributed by atoms with Crippen molar-refractivity contribution in [1.29, 1.82) is 0 Å². The molecule has 1 aliphatic rings. The third-order valence-electron chi connectivity index (χ3n) is 6.15. The smallest absolute Gasteiger partial charge is 0.223 e. The number of ether oxygens (including phenoxy) is 1. The quantitative estimate of drug-likeness (QED) is 0.507. The van der Waals surface area contributed by atoms with Crippen molar-refractivity contribution < 1.29 is 18.7 Å². The number of oxazole rings is 1. The van der Waals surface area contributed by atoms with E-state index in [9.17, 15) is 9.59 Å². The molecule has 4 rings (SSSR count). The minimum absolute atomic E-state index is 0.0759. The molecule has 2 heterocycles. The van der Waals surface area contributed by atoms with Crippen LogP contribution in [0.3, 0.4) is 0 Å². The fourth-order valence-electron chi connectivity index (χ4n) is 4.15. The summed E-state index contributed by atoms with van der Waals surface area (Å²) >= 11 is 0. The van der Waals surface area contributed by atoms with Gasteiger partial charge in [-0.25, -0.2) is 4.98 Å². The Bertz CT molecular complexity index is 1080. The van der Waals surface area contributed by atoms with Gasteiger partial charge in [-0.1, -0.05) is 42.5 Å². The van der Waals surface area contributed by atoms with Crippen LogP contribution in [0.25, 0.3) is 11.3 Å². The van der Waals surface area contributed by atoms with Crippen LogP contribution in [-0.4, -0.2) is 59.9 Å². The maximum atomic E-state index is 12.8. The van der Waals surface area contributed by atoms with Crippen molar-refractivity contribution in [3.63, 3.8) is 0 Å². The van der Waals surface area contributed by atoms with E-state index in [-0.39, 0.29) is 11.8 Å². The second kappa shape index (κ2) is 11.5. The van der Waals surface area contributed by atoms with E-state index in [1.807, 2.05) is 64.4 Å². The number of hydrogen-bond donors (Lipinski definition) is 0. The fraction of sp³-hybridized carbons (Fsp3) is 0.370. The molecule has 0 N–H and O–H groups in total. The molecule has 1 fully saturated rings. The zero-order chi connectivity index (χ0) is 23.8. The predicted molar refractivity (Wildman–Crippen MR) is 129 cm³/mol. The Morgan fingerprint density at radius 3 is 2.18 bits per heavy atom. The standard InChI is InChI=1S/C27H31N3O4/c1-33-23-11-8-21(9-12-23)10-14-26(31)29-16-5-17-30(19-18-29)27(32)15-13-25-28-20-24(34-25)22-6-3-2-4-7-22/h2-4,6-9,11-12,20H,5,10,13-19H2,1H3. The number of hydrogen-bond acceptors (Lipinski definition) is 5. The van der Waals surface area contributed by atoms with Gasteiger partial charge in [-0.05, 0) is 30.5 Å². The minimum Gasteiger partial charge on any atom is -0.497 e. The molecule has 1 aliphatic heterocycles. The molecule has 0 aliphatic carbocycles. The van der Waals surface area contributed by atoms with Crippen LogP contribution >= 0.6 is 0 Å². The summed E-state index contributed by atoms with van der Waals surface area (Å²) < 4.78 is 11.0. The van der Waals surface area contributed by atoms with Gasteiger partial charge in [0.2, 0.25) is 11.8 Å². The Balaban J connectivity index is 1.22. The fourth-order valence-corrected chi connectivity index (χ4v) is 4.15. The zero-order valence-electron chi connectivity index (χ0n) is 19.6. The number of aromatic nitrogens is 1. The molecule has 1 aromatic heterocycles. The molecule has 0 saturated carbocycles. The average molecular weight is 462 g/mol. The van der Waals surface area contributed by atoms with Gasteiger partial charge in [-0.2, -0.15) is 0 Å². The molecule has 0 unspecified atom stereocenters. The summed E-state index contributed by atoms with van der Waals surface area (Å²) in [7, 11) is 1.64. The van der Waals surface area contributed by atoms with Gasteiger partial charge in [0.1, 0.15) is 5.75 Å².